The molecule has 3 aromatic heterocycles. The average molecular weight is 398 g/mol. The minimum Gasteiger partial charge on any atom is -0.354 e. The summed E-state index contributed by atoms with van der Waals surface area (Å²) in [5, 5.41) is 7.52. The highest BCUT2D eigenvalue weighted by Crippen LogP contribution is 2.31. The summed E-state index contributed by atoms with van der Waals surface area (Å²) in [7, 11) is 0. The molecule has 28 heavy (non-hydrogen) atoms. The fourth-order valence-electron chi connectivity index (χ4n) is 3.57. The number of likely N-dealkylation sites (tertiary alicyclic amines) is 1. The van der Waals surface area contributed by atoms with E-state index in [2.05, 4.69) is 15.3 Å². The van der Waals surface area contributed by atoms with E-state index in [1.54, 1.807) is 17.1 Å². The smallest absolute Gasteiger partial charge is 0.263 e. The van der Waals surface area contributed by atoms with Gasteiger partial charge in [0.25, 0.3) is 5.91 Å². The van der Waals surface area contributed by atoms with E-state index in [4.69, 9.17) is 5.10 Å². The van der Waals surface area contributed by atoms with Crippen LogP contribution in [0.2, 0.25) is 0 Å². The third-order valence-electron chi connectivity index (χ3n) is 4.91. The molecular weight excluding hydrogens is 376 g/mol. The Morgan fingerprint density at radius 1 is 1.29 bits per heavy atom. The Kier molecular flexibility index (Phi) is 5.08. The van der Waals surface area contributed by atoms with Gasteiger partial charge in [-0.25, -0.2) is 14.6 Å². The van der Waals surface area contributed by atoms with Crippen molar-refractivity contribution in [2.45, 2.75) is 32.7 Å². The highest BCUT2D eigenvalue weighted by atomic mass is 32.1. The van der Waals surface area contributed by atoms with Crippen molar-refractivity contribution in [3.05, 3.63) is 40.0 Å². The molecule has 0 aliphatic carbocycles. The van der Waals surface area contributed by atoms with Gasteiger partial charge in [-0.05, 0) is 25.5 Å². The van der Waals surface area contributed by atoms with Crippen molar-refractivity contribution in [2.24, 2.45) is 0 Å². The molecule has 2 amide bonds. The lowest BCUT2D eigenvalue weighted by Gasteiger charge is -2.15. The van der Waals surface area contributed by atoms with Gasteiger partial charge >= 0.3 is 0 Å². The summed E-state index contributed by atoms with van der Waals surface area (Å²) in [4.78, 5) is 36.6. The van der Waals surface area contributed by atoms with Crippen LogP contribution < -0.4 is 5.32 Å². The quantitative estimate of drug-likeness (QED) is 0.709. The number of aryl methyl sites for hydroxylation is 1. The zero-order valence-corrected chi connectivity index (χ0v) is 16.7. The van der Waals surface area contributed by atoms with Crippen LogP contribution in [-0.2, 0) is 11.3 Å². The Morgan fingerprint density at radius 2 is 2.11 bits per heavy atom. The predicted octanol–water partition coefficient (Wildman–Crippen LogP) is 1.96. The Morgan fingerprint density at radius 3 is 2.86 bits per heavy atom. The van der Waals surface area contributed by atoms with Crippen LogP contribution in [0, 0.1) is 6.92 Å². The van der Waals surface area contributed by atoms with Crippen molar-refractivity contribution in [2.75, 3.05) is 19.6 Å². The summed E-state index contributed by atoms with van der Waals surface area (Å²) in [5.74, 6) is 0.142. The maximum absolute atomic E-state index is 12.8. The van der Waals surface area contributed by atoms with E-state index in [0.29, 0.717) is 31.8 Å². The SMILES string of the molecule is CC(=O)NCCn1nc([C@@H]2CCN(C(=O)c3ccc(C)s3)C2)c2nccnc21. The number of carbonyl (C=O) groups excluding carboxylic acids is 2. The number of thiophene rings is 1. The molecule has 0 aromatic carbocycles. The first kappa shape index (κ1) is 18.5. The van der Waals surface area contributed by atoms with Crippen molar-refractivity contribution < 1.29 is 9.59 Å². The zero-order chi connectivity index (χ0) is 19.7. The second-order valence-electron chi connectivity index (χ2n) is 6.97. The Balaban J connectivity index is 1.54. The van der Waals surface area contributed by atoms with Crippen LogP contribution in [0.15, 0.2) is 24.5 Å². The van der Waals surface area contributed by atoms with Crippen molar-refractivity contribution in [1.82, 2.24) is 30.0 Å². The lowest BCUT2D eigenvalue weighted by Crippen LogP contribution is -2.27. The Bertz CT molecular complexity index is 1030. The number of hydrogen-bond acceptors (Lipinski definition) is 6. The zero-order valence-electron chi connectivity index (χ0n) is 15.9. The molecule has 1 aliphatic rings. The van der Waals surface area contributed by atoms with Crippen molar-refractivity contribution >= 4 is 34.3 Å². The fraction of sp³-hybridized carbons (Fsp3) is 0.421. The fourth-order valence-corrected chi connectivity index (χ4v) is 4.40. The minimum absolute atomic E-state index is 0.0727. The number of nitrogens with one attached hydrogen (secondary N) is 1. The number of hydrogen-bond donors (Lipinski definition) is 1. The normalized spacial score (nSPS) is 16.6. The molecule has 0 spiro atoms. The molecule has 0 radical (unpaired) electrons. The maximum Gasteiger partial charge on any atom is 0.263 e. The summed E-state index contributed by atoms with van der Waals surface area (Å²) >= 11 is 1.53. The molecule has 0 saturated carbocycles. The van der Waals surface area contributed by atoms with Crippen LogP contribution >= 0.6 is 11.3 Å². The number of aromatic nitrogens is 4. The van der Waals surface area contributed by atoms with Gasteiger partial charge in [-0.2, -0.15) is 5.10 Å². The van der Waals surface area contributed by atoms with Gasteiger partial charge in [-0.15, -0.1) is 11.3 Å². The van der Waals surface area contributed by atoms with Crippen LogP contribution in [0.3, 0.4) is 0 Å². The maximum atomic E-state index is 12.8. The number of carbonyl (C=O) groups is 2. The summed E-state index contributed by atoms with van der Waals surface area (Å²) in [6, 6.07) is 3.87. The van der Waals surface area contributed by atoms with E-state index in [-0.39, 0.29) is 17.7 Å². The molecule has 1 saturated heterocycles. The van der Waals surface area contributed by atoms with Crippen LogP contribution in [0.25, 0.3) is 11.2 Å². The van der Waals surface area contributed by atoms with Gasteiger partial charge in [0.05, 0.1) is 17.1 Å². The summed E-state index contributed by atoms with van der Waals surface area (Å²) < 4.78 is 1.79. The molecule has 8 nitrogen and oxygen atoms in total. The molecule has 1 aliphatic heterocycles. The predicted molar refractivity (Wildman–Crippen MR) is 106 cm³/mol. The van der Waals surface area contributed by atoms with Crippen LogP contribution in [-0.4, -0.2) is 56.1 Å². The summed E-state index contributed by atoms with van der Waals surface area (Å²) in [6.07, 6.45) is 4.16. The summed E-state index contributed by atoms with van der Waals surface area (Å²) in [6.45, 7) is 5.84. The monoisotopic (exact) mass is 398 g/mol. The summed E-state index contributed by atoms with van der Waals surface area (Å²) in [5.41, 5.74) is 2.36. The first-order chi connectivity index (χ1) is 13.5. The van der Waals surface area contributed by atoms with Gasteiger partial charge in [0.15, 0.2) is 5.65 Å². The Hall–Kier alpha value is -2.81. The topological polar surface area (TPSA) is 93.0 Å². The standard InChI is InChI=1S/C19H22N6O2S/c1-12-3-4-15(28-12)19(27)24-9-5-14(11-24)16-17-18(22-7-6-21-17)25(23-16)10-8-20-13(2)26/h3-4,6-7,14H,5,8-11H2,1-2H3,(H,20,26)/t14-/m1/s1. The third-order valence-corrected chi connectivity index (χ3v) is 5.89. The molecule has 4 rings (SSSR count). The number of amides is 2. The Labute approximate surface area is 166 Å². The van der Waals surface area contributed by atoms with Gasteiger partial charge in [-0.3, -0.25) is 9.59 Å². The van der Waals surface area contributed by atoms with E-state index < -0.39 is 0 Å². The lowest BCUT2D eigenvalue weighted by molar-refractivity contribution is -0.118. The van der Waals surface area contributed by atoms with E-state index in [1.807, 2.05) is 24.0 Å². The van der Waals surface area contributed by atoms with Gasteiger partial charge in [-0.1, -0.05) is 0 Å². The second kappa shape index (κ2) is 7.67. The van der Waals surface area contributed by atoms with Crippen LogP contribution in [0.1, 0.15) is 39.5 Å². The highest BCUT2D eigenvalue weighted by molar-refractivity contribution is 7.13. The van der Waals surface area contributed by atoms with Crippen molar-refractivity contribution in [3.8, 4) is 0 Å². The first-order valence-electron chi connectivity index (χ1n) is 9.30. The number of rotatable bonds is 5. The minimum atomic E-state index is -0.0727. The van der Waals surface area contributed by atoms with Gasteiger partial charge in [0, 0.05) is 49.7 Å². The van der Waals surface area contributed by atoms with Crippen LogP contribution in [0.4, 0.5) is 0 Å². The third kappa shape index (κ3) is 3.62. The van der Waals surface area contributed by atoms with E-state index in [1.165, 1.54) is 18.3 Å². The molecule has 0 bridgehead atoms. The molecule has 9 heteroatoms. The number of fused-ring (bicyclic) bond motifs is 1. The van der Waals surface area contributed by atoms with Gasteiger partial charge in [0.1, 0.15) is 5.52 Å². The molecule has 0 unspecified atom stereocenters. The molecule has 1 fully saturated rings. The van der Waals surface area contributed by atoms with E-state index in [9.17, 15) is 9.59 Å². The highest BCUT2D eigenvalue weighted by Gasteiger charge is 2.32. The number of nitrogens with zero attached hydrogens (tertiary/aromatic N) is 5. The van der Waals surface area contributed by atoms with Crippen LogP contribution in [0.5, 0.6) is 0 Å². The molecule has 146 valence electrons. The second-order valence-corrected chi connectivity index (χ2v) is 8.25. The molecule has 1 N–H and O–H groups in total. The van der Waals surface area contributed by atoms with E-state index in [0.717, 1.165) is 27.4 Å². The van der Waals surface area contributed by atoms with Crippen molar-refractivity contribution in [3.63, 3.8) is 0 Å². The molecule has 1 atom stereocenters. The molecule has 3 aromatic rings. The lowest BCUT2D eigenvalue weighted by atomic mass is 10.0. The van der Waals surface area contributed by atoms with E-state index >= 15 is 0 Å². The molecular formula is C19H22N6O2S. The van der Waals surface area contributed by atoms with Crippen molar-refractivity contribution in [1.29, 1.82) is 0 Å². The molecule has 4 heterocycles. The van der Waals surface area contributed by atoms with Gasteiger partial charge in [0.2, 0.25) is 5.91 Å². The largest absolute Gasteiger partial charge is 0.354 e. The first-order valence-corrected chi connectivity index (χ1v) is 10.1. The van der Waals surface area contributed by atoms with Gasteiger partial charge < -0.3 is 10.2 Å². The average Bonchev–Trinajstić information content (AvgIpc) is 3.39.